The lowest BCUT2D eigenvalue weighted by molar-refractivity contribution is -0.161. The molecule has 0 amide bonds. The maximum atomic E-state index is 11.8. The van der Waals surface area contributed by atoms with Crippen molar-refractivity contribution in [2.75, 3.05) is 0 Å². The third-order valence-electron chi connectivity index (χ3n) is 5.84. The predicted octanol–water partition coefficient (Wildman–Crippen LogP) is 3.16. The molecule has 3 atom stereocenters. The molecule has 0 aromatic carbocycles. The van der Waals surface area contributed by atoms with Crippen molar-refractivity contribution in [3.05, 3.63) is 24.0 Å². The van der Waals surface area contributed by atoms with Gasteiger partial charge in [0, 0.05) is 30.4 Å². The van der Waals surface area contributed by atoms with Crippen molar-refractivity contribution in [2.45, 2.75) is 83.5 Å². The van der Waals surface area contributed by atoms with Crippen molar-refractivity contribution < 1.29 is 19.7 Å². The lowest BCUT2D eigenvalue weighted by atomic mass is 9.83. The van der Waals surface area contributed by atoms with Crippen LogP contribution in [0.3, 0.4) is 0 Å². The van der Waals surface area contributed by atoms with Gasteiger partial charge in [-0.05, 0) is 50.0 Å². The number of nitrogens with zero attached hydrogens (tertiary/aromatic N) is 1. The van der Waals surface area contributed by atoms with Crippen LogP contribution in [-0.4, -0.2) is 38.9 Å². The second-order valence-electron chi connectivity index (χ2n) is 8.24. The standard InChI is InChI=1S/C21H34N2O4/c1-4-14(2)11-19(22)21(26,20(24)25)13-16-12-18(9-10-23-16)27-17-7-5-15(3)6-8-17/h9-10,12,14-15,17,19,26H,4-8,11,13,22H2,1-3H3,(H,24,25)/t14?,15-,17+,19-,21+/m0/s1. The first kappa shape index (κ1) is 21.6. The van der Waals surface area contributed by atoms with E-state index in [9.17, 15) is 15.0 Å². The van der Waals surface area contributed by atoms with Crippen LogP contribution in [0.4, 0.5) is 0 Å². The zero-order valence-corrected chi connectivity index (χ0v) is 16.7. The molecule has 1 aromatic heterocycles. The van der Waals surface area contributed by atoms with Gasteiger partial charge in [0.25, 0.3) is 0 Å². The largest absolute Gasteiger partial charge is 0.490 e. The Balaban J connectivity index is 2.08. The molecule has 6 heteroatoms. The van der Waals surface area contributed by atoms with E-state index in [0.717, 1.165) is 38.0 Å². The van der Waals surface area contributed by atoms with Gasteiger partial charge in [0.2, 0.25) is 0 Å². The molecule has 2 rings (SSSR count). The first-order chi connectivity index (χ1) is 12.7. The first-order valence-corrected chi connectivity index (χ1v) is 10.1. The first-order valence-electron chi connectivity index (χ1n) is 10.1. The van der Waals surface area contributed by atoms with E-state index in [0.29, 0.717) is 17.9 Å². The average Bonchev–Trinajstić information content (AvgIpc) is 2.63. The summed E-state index contributed by atoms with van der Waals surface area (Å²) in [5.41, 5.74) is 4.52. The van der Waals surface area contributed by atoms with Crippen molar-refractivity contribution in [3.63, 3.8) is 0 Å². The number of carbonyl (C=O) groups is 1. The van der Waals surface area contributed by atoms with Gasteiger partial charge in [-0.15, -0.1) is 0 Å². The van der Waals surface area contributed by atoms with E-state index in [1.807, 2.05) is 13.8 Å². The van der Waals surface area contributed by atoms with E-state index < -0.39 is 17.6 Å². The Labute approximate surface area is 162 Å². The minimum absolute atomic E-state index is 0.140. The van der Waals surface area contributed by atoms with Gasteiger partial charge in [-0.3, -0.25) is 4.98 Å². The highest BCUT2D eigenvalue weighted by Crippen LogP contribution is 2.28. The number of hydrogen-bond acceptors (Lipinski definition) is 5. The van der Waals surface area contributed by atoms with Gasteiger partial charge in [-0.25, -0.2) is 4.79 Å². The monoisotopic (exact) mass is 378 g/mol. The van der Waals surface area contributed by atoms with E-state index in [1.54, 1.807) is 18.3 Å². The minimum Gasteiger partial charge on any atom is -0.490 e. The molecule has 152 valence electrons. The van der Waals surface area contributed by atoms with Gasteiger partial charge >= 0.3 is 5.97 Å². The number of pyridine rings is 1. The fourth-order valence-corrected chi connectivity index (χ4v) is 3.60. The Morgan fingerprint density at radius 1 is 1.41 bits per heavy atom. The van der Waals surface area contributed by atoms with Crippen LogP contribution in [0.25, 0.3) is 0 Å². The van der Waals surface area contributed by atoms with Crippen molar-refractivity contribution in [2.24, 2.45) is 17.6 Å². The summed E-state index contributed by atoms with van der Waals surface area (Å²) in [6.07, 6.45) is 7.33. The molecule has 1 saturated carbocycles. The third kappa shape index (κ3) is 5.91. The molecule has 0 aliphatic heterocycles. The van der Waals surface area contributed by atoms with E-state index in [1.165, 1.54) is 0 Å². The number of aliphatic hydroxyl groups is 1. The molecule has 1 aliphatic rings. The molecular formula is C21H34N2O4. The van der Waals surface area contributed by atoms with E-state index >= 15 is 0 Å². The Kier molecular flexibility index (Phi) is 7.62. The Morgan fingerprint density at radius 2 is 2.07 bits per heavy atom. The quantitative estimate of drug-likeness (QED) is 0.609. The normalized spacial score (nSPS) is 24.6. The van der Waals surface area contributed by atoms with Crippen molar-refractivity contribution in [3.8, 4) is 5.75 Å². The van der Waals surface area contributed by atoms with Gasteiger partial charge in [-0.2, -0.15) is 0 Å². The van der Waals surface area contributed by atoms with Crippen molar-refractivity contribution >= 4 is 5.97 Å². The highest BCUT2D eigenvalue weighted by molar-refractivity contribution is 5.78. The fraction of sp³-hybridized carbons (Fsp3) is 0.714. The predicted molar refractivity (Wildman–Crippen MR) is 105 cm³/mol. The number of aromatic nitrogens is 1. The second kappa shape index (κ2) is 9.51. The molecule has 0 saturated heterocycles. The van der Waals surface area contributed by atoms with Crippen molar-refractivity contribution in [1.29, 1.82) is 0 Å². The molecule has 1 unspecified atom stereocenters. The summed E-state index contributed by atoms with van der Waals surface area (Å²) in [5, 5.41) is 20.4. The number of rotatable bonds is 9. The van der Waals surface area contributed by atoms with Crippen LogP contribution < -0.4 is 10.5 Å². The summed E-state index contributed by atoms with van der Waals surface area (Å²) < 4.78 is 6.06. The molecule has 0 bridgehead atoms. The van der Waals surface area contributed by atoms with E-state index in [4.69, 9.17) is 10.5 Å². The average molecular weight is 379 g/mol. The molecule has 4 N–H and O–H groups in total. The molecule has 1 fully saturated rings. The van der Waals surface area contributed by atoms with Crippen LogP contribution in [0, 0.1) is 11.8 Å². The number of nitrogens with two attached hydrogens (primary N) is 1. The molecule has 1 aliphatic carbocycles. The molecule has 6 nitrogen and oxygen atoms in total. The Hall–Kier alpha value is -1.66. The Morgan fingerprint density at radius 3 is 2.67 bits per heavy atom. The SMILES string of the molecule is CCC(C)C[C@H](N)[C@](O)(Cc1cc(O[C@H]2CC[C@@H](C)CC2)ccn1)C(=O)O. The maximum absolute atomic E-state index is 11.8. The lowest BCUT2D eigenvalue weighted by Crippen LogP contribution is -2.56. The molecule has 0 radical (unpaired) electrons. The van der Waals surface area contributed by atoms with Crippen LogP contribution in [-0.2, 0) is 11.2 Å². The second-order valence-corrected chi connectivity index (χ2v) is 8.24. The summed E-state index contributed by atoms with van der Waals surface area (Å²) in [7, 11) is 0. The number of hydrogen-bond donors (Lipinski definition) is 3. The van der Waals surface area contributed by atoms with Gasteiger partial charge in [0.05, 0.1) is 6.10 Å². The zero-order valence-electron chi connectivity index (χ0n) is 16.7. The topological polar surface area (TPSA) is 106 Å². The van der Waals surface area contributed by atoms with Gasteiger partial charge in [0.15, 0.2) is 5.60 Å². The number of carboxylic acids is 1. The number of carboxylic acid groups (broad SMARTS) is 1. The van der Waals surface area contributed by atoms with Gasteiger partial charge in [0.1, 0.15) is 5.75 Å². The van der Waals surface area contributed by atoms with Crippen LogP contribution in [0.15, 0.2) is 18.3 Å². The molecule has 1 heterocycles. The van der Waals surface area contributed by atoms with E-state index in [-0.39, 0.29) is 18.4 Å². The minimum atomic E-state index is -2.05. The highest BCUT2D eigenvalue weighted by atomic mass is 16.5. The van der Waals surface area contributed by atoms with E-state index in [2.05, 4.69) is 11.9 Å². The van der Waals surface area contributed by atoms with Crippen LogP contribution in [0.1, 0.15) is 65.0 Å². The van der Waals surface area contributed by atoms with Crippen LogP contribution in [0.5, 0.6) is 5.75 Å². The van der Waals surface area contributed by atoms with Gasteiger partial charge < -0.3 is 20.7 Å². The van der Waals surface area contributed by atoms with Gasteiger partial charge in [-0.1, -0.05) is 27.2 Å². The fourth-order valence-electron chi connectivity index (χ4n) is 3.60. The van der Waals surface area contributed by atoms with Crippen LogP contribution >= 0.6 is 0 Å². The number of ether oxygens (including phenoxy) is 1. The smallest absolute Gasteiger partial charge is 0.337 e. The summed E-state index contributed by atoms with van der Waals surface area (Å²) in [4.78, 5) is 16.0. The summed E-state index contributed by atoms with van der Waals surface area (Å²) in [6, 6.07) is 2.64. The summed E-state index contributed by atoms with van der Waals surface area (Å²) in [5.74, 6) is 0.341. The zero-order chi connectivity index (χ0) is 20.0. The highest BCUT2D eigenvalue weighted by Gasteiger charge is 2.43. The Bertz CT molecular complexity index is 616. The molecule has 1 aromatic rings. The summed E-state index contributed by atoms with van der Waals surface area (Å²) in [6.45, 7) is 6.28. The lowest BCUT2D eigenvalue weighted by Gasteiger charge is -2.31. The van der Waals surface area contributed by atoms with Crippen LogP contribution in [0.2, 0.25) is 0 Å². The molecular weight excluding hydrogens is 344 g/mol. The third-order valence-corrected chi connectivity index (χ3v) is 5.84. The summed E-state index contributed by atoms with van der Waals surface area (Å²) >= 11 is 0. The molecule has 27 heavy (non-hydrogen) atoms. The van der Waals surface area contributed by atoms with Crippen molar-refractivity contribution in [1.82, 2.24) is 4.98 Å². The molecule has 0 spiro atoms. The maximum Gasteiger partial charge on any atom is 0.337 e. The number of aliphatic carboxylic acids is 1.